The van der Waals surface area contributed by atoms with Crippen LogP contribution in [-0.2, 0) is 6.54 Å². The number of halogens is 1. The fraction of sp³-hybridized carbons (Fsp3) is 0.118. The molecule has 0 unspecified atom stereocenters. The van der Waals surface area contributed by atoms with Gasteiger partial charge < -0.3 is 9.67 Å². The number of Topliss-reactive ketones (excluding diaryl/α,β-unsaturated/α-hetero) is 1. The SMILES string of the molecule is CC(=O)c1c(O)n(Cc2ccccc2)c2cc(Cl)ccc12. The molecule has 0 aliphatic carbocycles. The van der Waals surface area contributed by atoms with Gasteiger partial charge in [-0.3, -0.25) is 4.79 Å². The summed E-state index contributed by atoms with van der Waals surface area (Å²) in [6.45, 7) is 1.94. The first-order valence-corrected chi connectivity index (χ1v) is 7.01. The molecule has 0 atom stereocenters. The fourth-order valence-electron chi connectivity index (χ4n) is 2.58. The molecule has 4 heteroatoms. The van der Waals surface area contributed by atoms with Gasteiger partial charge in [-0.2, -0.15) is 0 Å². The van der Waals surface area contributed by atoms with Crippen LogP contribution in [-0.4, -0.2) is 15.5 Å². The molecule has 0 aliphatic heterocycles. The number of fused-ring (bicyclic) bond motifs is 1. The second-order valence-corrected chi connectivity index (χ2v) is 5.42. The molecule has 2 aromatic carbocycles. The van der Waals surface area contributed by atoms with Gasteiger partial charge in [0.25, 0.3) is 0 Å². The average Bonchev–Trinajstić information content (AvgIpc) is 2.73. The number of hydrogen-bond acceptors (Lipinski definition) is 2. The van der Waals surface area contributed by atoms with Gasteiger partial charge >= 0.3 is 0 Å². The van der Waals surface area contributed by atoms with E-state index in [0.29, 0.717) is 17.1 Å². The highest BCUT2D eigenvalue weighted by Crippen LogP contribution is 2.33. The molecule has 0 saturated heterocycles. The molecule has 1 heterocycles. The van der Waals surface area contributed by atoms with Crippen molar-refractivity contribution in [1.82, 2.24) is 4.57 Å². The van der Waals surface area contributed by atoms with E-state index in [4.69, 9.17) is 11.6 Å². The van der Waals surface area contributed by atoms with E-state index in [1.54, 1.807) is 22.8 Å². The summed E-state index contributed by atoms with van der Waals surface area (Å²) in [5.74, 6) is -0.171. The Labute approximate surface area is 127 Å². The summed E-state index contributed by atoms with van der Waals surface area (Å²) >= 11 is 6.05. The molecule has 21 heavy (non-hydrogen) atoms. The zero-order chi connectivity index (χ0) is 15.0. The van der Waals surface area contributed by atoms with Gasteiger partial charge in [0.2, 0.25) is 5.88 Å². The number of benzene rings is 2. The number of nitrogens with zero attached hydrogens (tertiary/aromatic N) is 1. The van der Waals surface area contributed by atoms with E-state index in [2.05, 4.69) is 0 Å². The predicted molar refractivity (Wildman–Crippen MR) is 84.2 cm³/mol. The molecular formula is C17H14ClNO2. The standard InChI is InChI=1S/C17H14ClNO2/c1-11(20)16-14-8-7-13(18)9-15(14)19(17(16)21)10-12-5-3-2-4-6-12/h2-9,21H,10H2,1H3. The molecule has 0 amide bonds. The zero-order valence-corrected chi connectivity index (χ0v) is 12.3. The maximum absolute atomic E-state index is 11.8. The number of carbonyl (C=O) groups is 1. The zero-order valence-electron chi connectivity index (χ0n) is 11.5. The molecule has 1 aromatic heterocycles. The van der Waals surface area contributed by atoms with Gasteiger partial charge in [-0.25, -0.2) is 0 Å². The number of aromatic hydroxyl groups is 1. The first-order chi connectivity index (χ1) is 10.1. The summed E-state index contributed by atoms with van der Waals surface area (Å²) in [5, 5.41) is 11.7. The van der Waals surface area contributed by atoms with Crippen LogP contribution in [0, 0.1) is 0 Å². The van der Waals surface area contributed by atoms with Gasteiger partial charge in [-0.15, -0.1) is 0 Å². The van der Waals surface area contributed by atoms with E-state index in [1.807, 2.05) is 30.3 Å². The largest absolute Gasteiger partial charge is 0.494 e. The molecule has 0 bridgehead atoms. The predicted octanol–water partition coefficient (Wildman–Crippen LogP) is 4.25. The van der Waals surface area contributed by atoms with Gasteiger partial charge in [0.05, 0.1) is 17.6 Å². The van der Waals surface area contributed by atoms with Crippen LogP contribution in [0.3, 0.4) is 0 Å². The van der Waals surface area contributed by atoms with Crippen LogP contribution in [0.25, 0.3) is 10.9 Å². The van der Waals surface area contributed by atoms with Crippen molar-refractivity contribution in [1.29, 1.82) is 0 Å². The summed E-state index contributed by atoms with van der Waals surface area (Å²) in [7, 11) is 0. The Hall–Kier alpha value is -2.26. The Kier molecular flexibility index (Phi) is 3.43. The lowest BCUT2D eigenvalue weighted by Gasteiger charge is -2.07. The lowest BCUT2D eigenvalue weighted by molar-refractivity contribution is 0.101. The maximum atomic E-state index is 11.8. The molecular weight excluding hydrogens is 286 g/mol. The minimum atomic E-state index is -0.161. The quantitative estimate of drug-likeness (QED) is 0.735. The van der Waals surface area contributed by atoms with E-state index in [1.165, 1.54) is 6.92 Å². The van der Waals surface area contributed by atoms with Crippen molar-refractivity contribution in [2.24, 2.45) is 0 Å². The summed E-state index contributed by atoms with van der Waals surface area (Å²) in [6.07, 6.45) is 0. The van der Waals surface area contributed by atoms with Crippen molar-refractivity contribution in [3.63, 3.8) is 0 Å². The number of hydrogen-bond donors (Lipinski definition) is 1. The van der Waals surface area contributed by atoms with Crippen molar-refractivity contribution in [2.45, 2.75) is 13.5 Å². The van der Waals surface area contributed by atoms with Crippen molar-refractivity contribution < 1.29 is 9.90 Å². The normalized spacial score (nSPS) is 11.0. The lowest BCUT2D eigenvalue weighted by Crippen LogP contribution is -1.99. The summed E-state index contributed by atoms with van der Waals surface area (Å²) < 4.78 is 1.72. The third kappa shape index (κ3) is 2.41. The average molecular weight is 300 g/mol. The topological polar surface area (TPSA) is 42.2 Å². The van der Waals surface area contributed by atoms with E-state index >= 15 is 0 Å². The monoisotopic (exact) mass is 299 g/mol. The van der Waals surface area contributed by atoms with Gasteiger partial charge in [-0.1, -0.05) is 48.0 Å². The van der Waals surface area contributed by atoms with Crippen LogP contribution in [0.15, 0.2) is 48.5 Å². The second kappa shape index (κ2) is 5.26. The highest BCUT2D eigenvalue weighted by atomic mass is 35.5. The third-order valence-corrected chi connectivity index (χ3v) is 3.77. The van der Waals surface area contributed by atoms with Gasteiger partial charge in [0.1, 0.15) is 0 Å². The van der Waals surface area contributed by atoms with E-state index in [9.17, 15) is 9.90 Å². The van der Waals surface area contributed by atoms with Crippen molar-refractivity contribution in [3.8, 4) is 5.88 Å². The van der Waals surface area contributed by atoms with Crippen LogP contribution in [0.1, 0.15) is 22.8 Å². The molecule has 0 aliphatic rings. The van der Waals surface area contributed by atoms with Gasteiger partial charge in [0.15, 0.2) is 5.78 Å². The lowest BCUT2D eigenvalue weighted by atomic mass is 10.1. The maximum Gasteiger partial charge on any atom is 0.203 e. The molecule has 0 spiro atoms. The number of carbonyl (C=O) groups excluding carboxylic acids is 1. The molecule has 3 rings (SSSR count). The second-order valence-electron chi connectivity index (χ2n) is 4.99. The van der Waals surface area contributed by atoms with Crippen LogP contribution < -0.4 is 0 Å². The number of ketones is 1. The molecule has 0 radical (unpaired) electrons. The van der Waals surface area contributed by atoms with E-state index < -0.39 is 0 Å². The minimum absolute atomic E-state index is 0.0105. The Morgan fingerprint density at radius 3 is 2.57 bits per heavy atom. The fourth-order valence-corrected chi connectivity index (χ4v) is 2.75. The van der Waals surface area contributed by atoms with Crippen molar-refractivity contribution >= 4 is 28.3 Å². The Bertz CT molecular complexity index is 822. The number of aromatic nitrogens is 1. The summed E-state index contributed by atoms with van der Waals surface area (Å²) in [6, 6.07) is 15.0. The highest BCUT2D eigenvalue weighted by molar-refractivity contribution is 6.31. The highest BCUT2D eigenvalue weighted by Gasteiger charge is 2.20. The van der Waals surface area contributed by atoms with Gasteiger partial charge in [0, 0.05) is 10.4 Å². The molecule has 3 nitrogen and oxygen atoms in total. The molecule has 106 valence electrons. The van der Waals surface area contributed by atoms with Crippen molar-refractivity contribution in [2.75, 3.05) is 0 Å². The molecule has 1 N–H and O–H groups in total. The van der Waals surface area contributed by atoms with E-state index in [0.717, 1.165) is 16.5 Å². The summed E-state index contributed by atoms with van der Waals surface area (Å²) in [5.41, 5.74) is 2.14. The van der Waals surface area contributed by atoms with Crippen LogP contribution in [0.2, 0.25) is 5.02 Å². The minimum Gasteiger partial charge on any atom is -0.494 e. The van der Waals surface area contributed by atoms with Crippen LogP contribution >= 0.6 is 11.6 Å². The molecule has 3 aromatic rings. The van der Waals surface area contributed by atoms with Crippen molar-refractivity contribution in [3.05, 3.63) is 64.7 Å². The smallest absolute Gasteiger partial charge is 0.203 e. The Morgan fingerprint density at radius 2 is 1.90 bits per heavy atom. The number of rotatable bonds is 3. The molecule has 0 fully saturated rings. The first kappa shape index (κ1) is 13.7. The Morgan fingerprint density at radius 1 is 1.19 bits per heavy atom. The van der Waals surface area contributed by atoms with E-state index in [-0.39, 0.29) is 11.7 Å². The Balaban J connectivity index is 2.24. The van der Waals surface area contributed by atoms with Crippen LogP contribution in [0.5, 0.6) is 5.88 Å². The molecule has 0 saturated carbocycles. The van der Waals surface area contributed by atoms with Gasteiger partial charge in [-0.05, 0) is 24.6 Å². The third-order valence-electron chi connectivity index (χ3n) is 3.53. The summed E-state index contributed by atoms with van der Waals surface area (Å²) in [4.78, 5) is 11.8. The van der Waals surface area contributed by atoms with Crippen LogP contribution in [0.4, 0.5) is 0 Å². The first-order valence-electron chi connectivity index (χ1n) is 6.63.